The Morgan fingerprint density at radius 3 is 2.48 bits per heavy atom. The third kappa shape index (κ3) is 6.32. The predicted molar refractivity (Wildman–Crippen MR) is 140 cm³/mol. The number of piperazine rings is 1. The summed E-state index contributed by atoms with van der Waals surface area (Å²) in [6, 6.07) is 8.34. The van der Waals surface area contributed by atoms with Crippen LogP contribution in [0.4, 0.5) is 11.5 Å². The second-order valence-electron chi connectivity index (χ2n) is 8.82. The fourth-order valence-corrected chi connectivity index (χ4v) is 5.88. The van der Waals surface area contributed by atoms with Crippen molar-refractivity contribution >= 4 is 49.6 Å². The van der Waals surface area contributed by atoms with Crippen LogP contribution in [0.25, 0.3) is 10.9 Å². The van der Waals surface area contributed by atoms with Gasteiger partial charge in [0.25, 0.3) is 0 Å². The van der Waals surface area contributed by atoms with Crippen LogP contribution in [0.3, 0.4) is 0 Å². The van der Waals surface area contributed by atoms with E-state index in [4.69, 9.17) is 17.2 Å². The van der Waals surface area contributed by atoms with Gasteiger partial charge in [-0.25, -0.2) is 13.4 Å². The lowest BCUT2D eigenvalue weighted by Gasteiger charge is -2.35. The molecule has 3 heterocycles. The summed E-state index contributed by atoms with van der Waals surface area (Å²) >= 11 is 5.46. The summed E-state index contributed by atoms with van der Waals surface area (Å²) < 4.78 is 23.1. The molecule has 2 N–H and O–H groups in total. The Labute approximate surface area is 202 Å². The smallest absolute Gasteiger partial charge is 0.170 e. The van der Waals surface area contributed by atoms with E-state index in [2.05, 4.69) is 51.3 Å². The monoisotopic (exact) mass is 490 g/mol. The highest BCUT2D eigenvalue weighted by molar-refractivity contribution is 7.91. The Kier molecular flexibility index (Phi) is 7.68. The quantitative estimate of drug-likeness (QED) is 0.588. The Balaban J connectivity index is 1.32. The maximum Gasteiger partial charge on any atom is 0.170 e. The molecule has 2 fully saturated rings. The first-order valence-electron chi connectivity index (χ1n) is 11.7. The van der Waals surface area contributed by atoms with Crippen LogP contribution in [-0.4, -0.2) is 98.7 Å². The molecular formula is C23H34N6O2S2. The fourth-order valence-electron chi connectivity index (χ4n) is 4.39. The number of thiocarbonyl (C=S) groups is 1. The molecule has 2 saturated heterocycles. The molecule has 0 spiro atoms. The largest absolute Gasteiger partial charge is 0.361 e. The van der Waals surface area contributed by atoms with Crippen molar-refractivity contribution in [2.45, 2.75) is 13.8 Å². The molecular weight excluding hydrogens is 456 g/mol. The third-order valence-corrected chi connectivity index (χ3v) is 8.41. The first-order chi connectivity index (χ1) is 15.8. The van der Waals surface area contributed by atoms with Gasteiger partial charge in [-0.3, -0.25) is 4.90 Å². The highest BCUT2D eigenvalue weighted by Gasteiger charge is 2.21. The van der Waals surface area contributed by atoms with Crippen LogP contribution in [0.15, 0.2) is 24.3 Å². The van der Waals surface area contributed by atoms with Gasteiger partial charge in [0, 0.05) is 63.4 Å². The van der Waals surface area contributed by atoms with Crippen molar-refractivity contribution in [2.24, 2.45) is 0 Å². The molecule has 33 heavy (non-hydrogen) atoms. The van der Waals surface area contributed by atoms with Crippen molar-refractivity contribution < 1.29 is 8.42 Å². The lowest BCUT2D eigenvalue weighted by molar-refractivity contribution is 0.270. The maximum atomic E-state index is 11.5. The first kappa shape index (κ1) is 24.1. The van der Waals surface area contributed by atoms with Gasteiger partial charge in [0.05, 0.1) is 17.0 Å². The number of aromatic nitrogens is 1. The van der Waals surface area contributed by atoms with Crippen molar-refractivity contribution in [3.8, 4) is 0 Å². The van der Waals surface area contributed by atoms with Gasteiger partial charge in [-0.1, -0.05) is 6.92 Å². The predicted octanol–water partition coefficient (Wildman–Crippen LogP) is 1.70. The molecule has 8 nitrogen and oxygen atoms in total. The number of likely N-dealkylation sites (N-methyl/N-ethyl adjacent to an activating group) is 1. The number of hydrogen-bond acceptors (Lipinski definition) is 7. The SMILES string of the molecule is CCN1CCN(c2cc(C)c3cc(NC(=S)NCCN4CCS(=O)(=O)CC4)ccc3n2)CC1. The maximum absolute atomic E-state index is 11.5. The molecule has 4 rings (SSSR count). The summed E-state index contributed by atoms with van der Waals surface area (Å²) in [7, 11) is -2.84. The van der Waals surface area contributed by atoms with Gasteiger partial charge in [0.1, 0.15) is 5.82 Å². The number of benzene rings is 1. The number of aryl methyl sites for hydroxylation is 1. The van der Waals surface area contributed by atoms with Crippen LogP contribution in [0.2, 0.25) is 0 Å². The van der Waals surface area contributed by atoms with E-state index in [1.807, 2.05) is 12.1 Å². The number of fused-ring (bicyclic) bond motifs is 1. The van der Waals surface area contributed by atoms with Crippen molar-refractivity contribution in [3.05, 3.63) is 29.8 Å². The van der Waals surface area contributed by atoms with E-state index in [1.54, 1.807) is 0 Å². The zero-order valence-electron chi connectivity index (χ0n) is 19.5. The van der Waals surface area contributed by atoms with E-state index in [-0.39, 0.29) is 11.5 Å². The third-order valence-electron chi connectivity index (χ3n) is 6.55. The molecule has 2 aliphatic rings. The van der Waals surface area contributed by atoms with E-state index in [9.17, 15) is 8.42 Å². The van der Waals surface area contributed by atoms with E-state index in [0.717, 1.165) is 61.7 Å². The summed E-state index contributed by atoms with van der Waals surface area (Å²) in [5.74, 6) is 1.55. The van der Waals surface area contributed by atoms with E-state index in [0.29, 0.717) is 24.7 Å². The van der Waals surface area contributed by atoms with Gasteiger partial charge in [-0.05, 0) is 55.5 Å². The van der Waals surface area contributed by atoms with Gasteiger partial charge < -0.3 is 20.4 Å². The topological polar surface area (TPSA) is 80.8 Å². The minimum Gasteiger partial charge on any atom is -0.361 e. The van der Waals surface area contributed by atoms with Gasteiger partial charge in [0.15, 0.2) is 14.9 Å². The van der Waals surface area contributed by atoms with Crippen LogP contribution in [0.1, 0.15) is 12.5 Å². The number of anilines is 2. The van der Waals surface area contributed by atoms with Crippen LogP contribution in [0.5, 0.6) is 0 Å². The lowest BCUT2D eigenvalue weighted by atomic mass is 10.1. The Morgan fingerprint density at radius 1 is 1.06 bits per heavy atom. The molecule has 10 heteroatoms. The van der Waals surface area contributed by atoms with Crippen LogP contribution in [-0.2, 0) is 9.84 Å². The first-order valence-corrected chi connectivity index (χ1v) is 13.9. The molecule has 0 amide bonds. The standard InChI is InChI=1S/C23H34N6O2S2/c1-3-27-8-10-29(11-9-27)22-16-18(2)20-17-19(4-5-21(20)26-22)25-23(32)24-6-7-28-12-14-33(30,31)15-13-28/h4-5,16-17H,3,6-15H2,1-2H3,(H2,24,25,32). The van der Waals surface area contributed by atoms with E-state index >= 15 is 0 Å². The molecule has 0 aliphatic carbocycles. The zero-order chi connectivity index (χ0) is 23.4. The second-order valence-corrected chi connectivity index (χ2v) is 11.5. The number of hydrogen-bond donors (Lipinski definition) is 2. The minimum absolute atomic E-state index is 0.247. The molecule has 180 valence electrons. The minimum atomic E-state index is -2.84. The van der Waals surface area contributed by atoms with Crippen LogP contribution >= 0.6 is 12.2 Å². The zero-order valence-corrected chi connectivity index (χ0v) is 21.1. The summed E-state index contributed by atoms with van der Waals surface area (Å²) in [4.78, 5) is 11.9. The van der Waals surface area contributed by atoms with Crippen LogP contribution in [0, 0.1) is 6.92 Å². The van der Waals surface area contributed by atoms with Crippen molar-refractivity contribution in [1.29, 1.82) is 0 Å². The number of nitrogens with one attached hydrogen (secondary N) is 2. The normalized spacial score (nSPS) is 19.5. The molecule has 0 radical (unpaired) electrons. The molecule has 2 aliphatic heterocycles. The molecule has 0 atom stereocenters. The Bertz CT molecular complexity index is 1090. The van der Waals surface area contributed by atoms with Gasteiger partial charge in [-0.2, -0.15) is 0 Å². The van der Waals surface area contributed by atoms with Crippen molar-refractivity contribution in [3.63, 3.8) is 0 Å². The molecule has 0 bridgehead atoms. The number of pyridine rings is 1. The fraction of sp³-hybridized carbons (Fsp3) is 0.565. The summed E-state index contributed by atoms with van der Waals surface area (Å²) in [6.07, 6.45) is 0. The molecule has 1 aromatic carbocycles. The number of rotatable bonds is 6. The number of nitrogens with zero attached hydrogens (tertiary/aromatic N) is 4. The van der Waals surface area contributed by atoms with Crippen molar-refractivity contribution in [2.75, 3.05) is 80.6 Å². The Morgan fingerprint density at radius 2 is 1.79 bits per heavy atom. The van der Waals surface area contributed by atoms with E-state index < -0.39 is 9.84 Å². The highest BCUT2D eigenvalue weighted by Crippen LogP contribution is 2.26. The van der Waals surface area contributed by atoms with Gasteiger partial charge in [-0.15, -0.1) is 0 Å². The lowest BCUT2D eigenvalue weighted by Crippen LogP contribution is -2.46. The van der Waals surface area contributed by atoms with Crippen LogP contribution < -0.4 is 15.5 Å². The van der Waals surface area contributed by atoms with Gasteiger partial charge >= 0.3 is 0 Å². The van der Waals surface area contributed by atoms with Crippen molar-refractivity contribution in [1.82, 2.24) is 20.1 Å². The van der Waals surface area contributed by atoms with Gasteiger partial charge in [0.2, 0.25) is 0 Å². The average Bonchev–Trinajstić information content (AvgIpc) is 2.80. The summed E-state index contributed by atoms with van der Waals surface area (Å²) in [6.45, 7) is 12.3. The van der Waals surface area contributed by atoms with E-state index in [1.165, 1.54) is 5.56 Å². The number of sulfone groups is 1. The summed E-state index contributed by atoms with van der Waals surface area (Å²) in [5.41, 5.74) is 3.13. The average molecular weight is 491 g/mol. The molecule has 1 aromatic heterocycles. The molecule has 0 unspecified atom stereocenters. The Hall–Kier alpha value is -2.01. The second kappa shape index (κ2) is 10.5. The molecule has 0 saturated carbocycles. The highest BCUT2D eigenvalue weighted by atomic mass is 32.2. The molecule has 2 aromatic rings. The summed E-state index contributed by atoms with van der Waals surface area (Å²) in [5, 5.41) is 8.17.